The molecule has 19 heavy (non-hydrogen) atoms. The van der Waals surface area contributed by atoms with Gasteiger partial charge in [-0.05, 0) is 47.4 Å². The molecule has 1 aromatic heterocycles. The van der Waals surface area contributed by atoms with E-state index in [2.05, 4.69) is 11.1 Å². The maximum absolute atomic E-state index is 11.7. The van der Waals surface area contributed by atoms with Gasteiger partial charge in [0, 0.05) is 18.9 Å². The molecule has 0 unspecified atom stereocenters. The fourth-order valence-corrected chi connectivity index (χ4v) is 3.40. The minimum absolute atomic E-state index is 0.536. The second kappa shape index (κ2) is 4.35. The van der Waals surface area contributed by atoms with Crippen LogP contribution in [0.3, 0.4) is 0 Å². The van der Waals surface area contributed by atoms with Crippen LogP contribution in [0.4, 0.5) is 5.69 Å². The minimum Gasteiger partial charge on any atom is -0.270 e. The average molecular weight is 274 g/mol. The summed E-state index contributed by atoms with van der Waals surface area (Å²) in [5.41, 5.74) is 4.08. The first-order chi connectivity index (χ1) is 9.05. The van der Waals surface area contributed by atoms with Gasteiger partial charge in [-0.1, -0.05) is 6.07 Å². The molecule has 0 bridgehead atoms. The smallest absolute Gasteiger partial charge is 0.232 e. The van der Waals surface area contributed by atoms with E-state index in [9.17, 15) is 8.42 Å². The Labute approximate surface area is 112 Å². The highest BCUT2D eigenvalue weighted by Crippen LogP contribution is 2.33. The van der Waals surface area contributed by atoms with Gasteiger partial charge >= 0.3 is 0 Å². The van der Waals surface area contributed by atoms with E-state index in [1.807, 2.05) is 24.3 Å². The van der Waals surface area contributed by atoms with Crippen LogP contribution in [0.2, 0.25) is 0 Å². The quantitative estimate of drug-likeness (QED) is 0.842. The Kier molecular flexibility index (Phi) is 2.78. The molecule has 0 atom stereocenters. The summed E-state index contributed by atoms with van der Waals surface area (Å²) < 4.78 is 24.8. The highest BCUT2D eigenvalue weighted by molar-refractivity contribution is 7.92. The predicted octanol–water partition coefficient (Wildman–Crippen LogP) is 2.07. The molecular weight excluding hydrogens is 260 g/mol. The third kappa shape index (κ3) is 2.21. The van der Waals surface area contributed by atoms with E-state index >= 15 is 0 Å². The van der Waals surface area contributed by atoms with E-state index in [0.717, 1.165) is 28.8 Å². The number of hydrogen-bond donors (Lipinski definition) is 0. The molecule has 2 heterocycles. The molecule has 1 aliphatic rings. The van der Waals surface area contributed by atoms with Crippen LogP contribution < -0.4 is 4.31 Å². The van der Waals surface area contributed by atoms with E-state index in [4.69, 9.17) is 0 Å². The van der Waals surface area contributed by atoms with Gasteiger partial charge in [0.1, 0.15) is 0 Å². The molecule has 0 spiro atoms. The van der Waals surface area contributed by atoms with Gasteiger partial charge in [0.05, 0.1) is 11.9 Å². The van der Waals surface area contributed by atoms with Crippen molar-refractivity contribution < 1.29 is 8.42 Å². The van der Waals surface area contributed by atoms with Gasteiger partial charge < -0.3 is 0 Å². The molecule has 3 rings (SSSR count). The third-order valence-electron chi connectivity index (χ3n) is 3.35. The third-order valence-corrected chi connectivity index (χ3v) is 4.53. The lowest BCUT2D eigenvalue weighted by Crippen LogP contribution is -2.27. The van der Waals surface area contributed by atoms with Gasteiger partial charge in [-0.3, -0.25) is 9.29 Å². The van der Waals surface area contributed by atoms with Crippen LogP contribution in [0, 0.1) is 0 Å². The fraction of sp³-hybridized carbons (Fsp3) is 0.214. The molecule has 2 aromatic rings. The Morgan fingerprint density at radius 3 is 2.53 bits per heavy atom. The van der Waals surface area contributed by atoms with E-state index in [-0.39, 0.29) is 0 Å². The van der Waals surface area contributed by atoms with Gasteiger partial charge in [0.2, 0.25) is 10.0 Å². The van der Waals surface area contributed by atoms with Crippen LogP contribution in [0.1, 0.15) is 5.56 Å². The van der Waals surface area contributed by atoms with Crippen LogP contribution in [-0.2, 0) is 16.4 Å². The zero-order chi connectivity index (χ0) is 13.5. The monoisotopic (exact) mass is 274 g/mol. The van der Waals surface area contributed by atoms with Gasteiger partial charge in [0.15, 0.2) is 0 Å². The van der Waals surface area contributed by atoms with Crippen LogP contribution in [0.5, 0.6) is 0 Å². The number of aromatic nitrogens is 1. The molecule has 0 saturated heterocycles. The maximum Gasteiger partial charge on any atom is 0.232 e. The molecule has 0 fully saturated rings. The molecule has 0 amide bonds. The second-order valence-corrected chi connectivity index (χ2v) is 6.57. The van der Waals surface area contributed by atoms with Gasteiger partial charge in [-0.25, -0.2) is 8.42 Å². The summed E-state index contributed by atoms with van der Waals surface area (Å²) >= 11 is 0. The van der Waals surface area contributed by atoms with Crippen molar-refractivity contribution in [1.82, 2.24) is 4.98 Å². The second-order valence-electron chi connectivity index (χ2n) is 4.66. The van der Waals surface area contributed by atoms with Gasteiger partial charge in [0.25, 0.3) is 0 Å². The number of anilines is 1. The average Bonchev–Trinajstić information content (AvgIpc) is 2.82. The molecule has 0 N–H and O–H groups in total. The van der Waals surface area contributed by atoms with Crippen LogP contribution in [0.15, 0.2) is 42.7 Å². The summed E-state index contributed by atoms with van der Waals surface area (Å²) in [6.07, 6.45) is 5.52. The van der Waals surface area contributed by atoms with Gasteiger partial charge in [-0.15, -0.1) is 0 Å². The summed E-state index contributed by atoms with van der Waals surface area (Å²) in [5.74, 6) is 0. The first-order valence-electron chi connectivity index (χ1n) is 6.07. The number of hydrogen-bond acceptors (Lipinski definition) is 3. The number of nitrogens with zero attached hydrogens (tertiary/aromatic N) is 2. The zero-order valence-corrected chi connectivity index (χ0v) is 11.4. The van der Waals surface area contributed by atoms with E-state index in [1.165, 1.54) is 10.6 Å². The SMILES string of the molecule is CS(=O)(=O)N1CCc2cc(-c3ccncc3)ccc21. The lowest BCUT2D eigenvalue weighted by Gasteiger charge is -2.16. The minimum atomic E-state index is -3.17. The highest BCUT2D eigenvalue weighted by Gasteiger charge is 2.26. The Morgan fingerprint density at radius 2 is 1.84 bits per heavy atom. The molecule has 0 saturated carbocycles. The predicted molar refractivity (Wildman–Crippen MR) is 75.6 cm³/mol. The summed E-state index contributed by atoms with van der Waals surface area (Å²) in [6, 6.07) is 9.81. The largest absolute Gasteiger partial charge is 0.270 e. The lowest BCUT2D eigenvalue weighted by atomic mass is 10.0. The first kappa shape index (κ1) is 12.2. The maximum atomic E-state index is 11.7. The van der Waals surface area contributed by atoms with Crippen LogP contribution >= 0.6 is 0 Å². The van der Waals surface area contributed by atoms with E-state index in [0.29, 0.717) is 6.54 Å². The molecule has 1 aliphatic heterocycles. The fourth-order valence-electron chi connectivity index (χ4n) is 2.44. The molecule has 4 nitrogen and oxygen atoms in total. The molecular formula is C14H14N2O2S. The molecule has 0 aliphatic carbocycles. The normalized spacial score (nSPS) is 14.5. The summed E-state index contributed by atoms with van der Waals surface area (Å²) in [5, 5.41) is 0. The lowest BCUT2D eigenvalue weighted by molar-refractivity contribution is 0.598. The topological polar surface area (TPSA) is 50.3 Å². The van der Waals surface area contributed by atoms with Crippen molar-refractivity contribution in [2.24, 2.45) is 0 Å². The summed E-state index contributed by atoms with van der Waals surface area (Å²) in [7, 11) is -3.17. The standard InChI is InChI=1S/C14H14N2O2S/c1-19(17,18)16-9-6-13-10-12(2-3-14(13)16)11-4-7-15-8-5-11/h2-5,7-8,10H,6,9H2,1H3. The molecule has 5 heteroatoms. The van der Waals surface area contributed by atoms with E-state index < -0.39 is 10.0 Å². The first-order valence-corrected chi connectivity index (χ1v) is 7.91. The van der Waals surface area contributed by atoms with Crippen LogP contribution in [0.25, 0.3) is 11.1 Å². The Bertz CT molecular complexity index is 711. The Hall–Kier alpha value is -1.88. The van der Waals surface area contributed by atoms with Crippen molar-refractivity contribution in [2.45, 2.75) is 6.42 Å². The number of pyridine rings is 1. The molecule has 98 valence electrons. The summed E-state index contributed by atoms with van der Waals surface area (Å²) in [4.78, 5) is 4.00. The van der Waals surface area contributed by atoms with Crippen molar-refractivity contribution >= 4 is 15.7 Å². The zero-order valence-electron chi connectivity index (χ0n) is 10.6. The Morgan fingerprint density at radius 1 is 1.11 bits per heavy atom. The van der Waals surface area contributed by atoms with Crippen molar-refractivity contribution in [1.29, 1.82) is 0 Å². The number of sulfonamides is 1. The van der Waals surface area contributed by atoms with E-state index in [1.54, 1.807) is 12.4 Å². The molecule has 1 aromatic carbocycles. The number of rotatable bonds is 2. The van der Waals surface area contributed by atoms with Crippen molar-refractivity contribution in [2.75, 3.05) is 17.1 Å². The van der Waals surface area contributed by atoms with Crippen molar-refractivity contribution in [3.8, 4) is 11.1 Å². The number of benzene rings is 1. The Balaban J connectivity index is 2.04. The van der Waals surface area contributed by atoms with Crippen molar-refractivity contribution in [3.05, 3.63) is 48.3 Å². The van der Waals surface area contributed by atoms with Gasteiger partial charge in [-0.2, -0.15) is 0 Å². The highest BCUT2D eigenvalue weighted by atomic mass is 32.2. The van der Waals surface area contributed by atoms with Crippen LogP contribution in [-0.4, -0.2) is 26.2 Å². The molecule has 0 radical (unpaired) electrons. The van der Waals surface area contributed by atoms with Crippen molar-refractivity contribution in [3.63, 3.8) is 0 Å². The summed E-state index contributed by atoms with van der Waals surface area (Å²) in [6.45, 7) is 0.536. The number of fused-ring (bicyclic) bond motifs is 1.